The number of unbranched alkanes of at least 4 members (excludes halogenated alkanes) is 14. The fourth-order valence-electron chi connectivity index (χ4n) is 2.65. The topological polar surface area (TPSA) is 101 Å². The maximum absolute atomic E-state index is 10.3. The van der Waals surface area contributed by atoms with Crippen LogP contribution in [-0.2, 0) is 9.59 Å². The summed E-state index contributed by atoms with van der Waals surface area (Å²) in [5.74, 6) is -1.34. The number of amides is 1. The Morgan fingerprint density at radius 1 is 0.680 bits per heavy atom. The van der Waals surface area contributed by atoms with Gasteiger partial charge in [-0.1, -0.05) is 96.8 Å². The molecule has 0 fully saturated rings. The number of carboxylic acid groups (broad SMARTS) is 1. The molecule has 0 aromatic carbocycles. The van der Waals surface area contributed by atoms with Crippen LogP contribution in [0, 0.1) is 0 Å². The van der Waals surface area contributed by atoms with Crippen molar-refractivity contribution in [1.82, 2.24) is 0 Å². The molecule has 0 radical (unpaired) electrons. The first-order valence-electron chi connectivity index (χ1n) is 10.2. The third-order valence-corrected chi connectivity index (χ3v) is 4.15. The number of nitrogens with two attached hydrogens (primary N) is 1. The van der Waals surface area contributed by atoms with E-state index in [1.54, 1.807) is 0 Å². The molecule has 4 N–H and O–H groups in total. The SMILES string of the molecule is CCCCCCCCCCCCCCCCCC(=O)O.NC(=O)CO. The van der Waals surface area contributed by atoms with Crippen molar-refractivity contribution >= 4 is 11.9 Å². The summed E-state index contributed by atoms with van der Waals surface area (Å²) in [5, 5.41) is 16.2. The van der Waals surface area contributed by atoms with Crippen LogP contribution in [0.15, 0.2) is 0 Å². The van der Waals surface area contributed by atoms with Crippen molar-refractivity contribution in [2.75, 3.05) is 6.61 Å². The predicted molar refractivity (Wildman–Crippen MR) is 103 cm³/mol. The quantitative estimate of drug-likeness (QED) is 0.325. The monoisotopic (exact) mass is 359 g/mol. The van der Waals surface area contributed by atoms with Gasteiger partial charge in [-0.3, -0.25) is 9.59 Å². The van der Waals surface area contributed by atoms with E-state index >= 15 is 0 Å². The van der Waals surface area contributed by atoms with E-state index in [2.05, 4.69) is 12.7 Å². The molecule has 5 heteroatoms. The number of aliphatic hydroxyl groups excluding tert-OH is 1. The van der Waals surface area contributed by atoms with E-state index < -0.39 is 18.5 Å². The van der Waals surface area contributed by atoms with Crippen molar-refractivity contribution in [3.63, 3.8) is 0 Å². The maximum atomic E-state index is 10.3. The summed E-state index contributed by atoms with van der Waals surface area (Å²) in [6, 6.07) is 0. The molecule has 0 aliphatic heterocycles. The molecule has 0 aromatic rings. The lowest BCUT2D eigenvalue weighted by molar-refractivity contribution is -0.137. The second-order valence-corrected chi connectivity index (χ2v) is 6.72. The number of carbonyl (C=O) groups is 2. The molecule has 5 nitrogen and oxygen atoms in total. The van der Waals surface area contributed by atoms with Crippen LogP contribution in [0.3, 0.4) is 0 Å². The number of hydrogen-bond acceptors (Lipinski definition) is 3. The first-order chi connectivity index (χ1) is 12.0. The second kappa shape index (κ2) is 22.9. The van der Waals surface area contributed by atoms with Crippen LogP contribution < -0.4 is 5.73 Å². The highest BCUT2D eigenvalue weighted by atomic mass is 16.4. The Kier molecular flexibility index (Phi) is 23.9. The Hall–Kier alpha value is -1.10. The van der Waals surface area contributed by atoms with Crippen molar-refractivity contribution < 1.29 is 19.8 Å². The van der Waals surface area contributed by atoms with Gasteiger partial charge < -0.3 is 15.9 Å². The molecular weight excluding hydrogens is 318 g/mol. The third kappa shape index (κ3) is 31.2. The van der Waals surface area contributed by atoms with E-state index in [4.69, 9.17) is 10.2 Å². The standard InChI is InChI=1S/C18H36O2.C2H5NO2/c1-2-3-4-5-6-7-8-9-10-11-12-13-14-15-16-17-18(19)20;3-2(5)1-4/h2-17H2,1H3,(H,19,20);4H,1H2,(H2,3,5). The van der Waals surface area contributed by atoms with Gasteiger partial charge in [0.15, 0.2) is 0 Å². The highest BCUT2D eigenvalue weighted by Gasteiger charge is 1.97. The Labute approximate surface area is 154 Å². The second-order valence-electron chi connectivity index (χ2n) is 6.72. The number of carboxylic acids is 1. The van der Waals surface area contributed by atoms with Crippen LogP contribution in [0.4, 0.5) is 0 Å². The van der Waals surface area contributed by atoms with E-state index in [0.717, 1.165) is 12.8 Å². The minimum absolute atomic E-state index is 0.345. The molecule has 0 unspecified atom stereocenters. The van der Waals surface area contributed by atoms with Gasteiger partial charge in [-0.05, 0) is 6.42 Å². The van der Waals surface area contributed by atoms with Crippen molar-refractivity contribution in [3.8, 4) is 0 Å². The van der Waals surface area contributed by atoms with Crippen LogP contribution >= 0.6 is 0 Å². The van der Waals surface area contributed by atoms with Gasteiger partial charge in [0.1, 0.15) is 6.61 Å². The van der Waals surface area contributed by atoms with Gasteiger partial charge in [0.25, 0.3) is 0 Å². The zero-order valence-corrected chi connectivity index (χ0v) is 16.3. The van der Waals surface area contributed by atoms with E-state index in [9.17, 15) is 9.59 Å². The summed E-state index contributed by atoms with van der Waals surface area (Å²) in [4.78, 5) is 19.7. The lowest BCUT2D eigenvalue weighted by Crippen LogP contribution is -2.14. The number of aliphatic carboxylic acids is 1. The summed E-state index contributed by atoms with van der Waals surface area (Å²) in [5.41, 5.74) is 4.40. The van der Waals surface area contributed by atoms with Crippen LogP contribution in [-0.4, -0.2) is 28.7 Å². The van der Waals surface area contributed by atoms with E-state index in [1.807, 2.05) is 0 Å². The van der Waals surface area contributed by atoms with Crippen molar-refractivity contribution in [2.24, 2.45) is 5.73 Å². The molecule has 0 aliphatic carbocycles. The average Bonchev–Trinajstić information content (AvgIpc) is 2.58. The molecule has 0 saturated heterocycles. The number of rotatable bonds is 17. The minimum Gasteiger partial charge on any atom is -0.481 e. The maximum Gasteiger partial charge on any atom is 0.303 e. The minimum atomic E-state index is -0.690. The molecule has 0 spiro atoms. The molecule has 0 aliphatic rings. The Balaban J connectivity index is 0. The number of hydrogen-bond donors (Lipinski definition) is 3. The van der Waals surface area contributed by atoms with Gasteiger partial charge >= 0.3 is 5.97 Å². The Bertz CT molecular complexity index is 295. The predicted octanol–water partition coefficient (Wildman–Crippen LogP) is 4.80. The summed E-state index contributed by atoms with van der Waals surface area (Å²) >= 11 is 0. The van der Waals surface area contributed by atoms with Crippen LogP contribution in [0.2, 0.25) is 0 Å². The number of aliphatic hydroxyl groups is 1. The van der Waals surface area contributed by atoms with Crippen molar-refractivity contribution in [1.29, 1.82) is 0 Å². The zero-order chi connectivity index (χ0) is 19.2. The molecule has 0 bridgehead atoms. The summed E-state index contributed by atoms with van der Waals surface area (Å²) < 4.78 is 0. The van der Waals surface area contributed by atoms with Gasteiger partial charge in [0, 0.05) is 6.42 Å². The van der Waals surface area contributed by atoms with E-state index in [0.29, 0.717) is 6.42 Å². The molecule has 150 valence electrons. The molecule has 25 heavy (non-hydrogen) atoms. The molecule has 0 saturated carbocycles. The Morgan fingerprint density at radius 2 is 0.960 bits per heavy atom. The number of primary amides is 1. The Morgan fingerprint density at radius 3 is 1.20 bits per heavy atom. The smallest absolute Gasteiger partial charge is 0.303 e. The molecule has 0 aromatic heterocycles. The summed E-state index contributed by atoms with van der Waals surface area (Å²) in [6.07, 6.45) is 20.2. The summed E-state index contributed by atoms with van der Waals surface area (Å²) in [6.45, 7) is 1.71. The number of carbonyl (C=O) groups excluding carboxylic acids is 1. The van der Waals surface area contributed by atoms with Crippen LogP contribution in [0.25, 0.3) is 0 Å². The third-order valence-electron chi connectivity index (χ3n) is 4.15. The van der Waals surface area contributed by atoms with Crippen LogP contribution in [0.1, 0.15) is 110 Å². The van der Waals surface area contributed by atoms with Gasteiger partial charge in [-0.25, -0.2) is 0 Å². The molecular formula is C20H41NO4. The van der Waals surface area contributed by atoms with Gasteiger partial charge in [-0.2, -0.15) is 0 Å². The lowest BCUT2D eigenvalue weighted by Gasteiger charge is -2.03. The first-order valence-corrected chi connectivity index (χ1v) is 10.2. The lowest BCUT2D eigenvalue weighted by atomic mass is 10.0. The van der Waals surface area contributed by atoms with Crippen LogP contribution in [0.5, 0.6) is 0 Å². The highest BCUT2D eigenvalue weighted by Crippen LogP contribution is 2.13. The van der Waals surface area contributed by atoms with Crippen molar-refractivity contribution in [3.05, 3.63) is 0 Å². The largest absolute Gasteiger partial charge is 0.481 e. The average molecular weight is 360 g/mol. The van der Waals surface area contributed by atoms with Gasteiger partial charge in [0.2, 0.25) is 5.91 Å². The summed E-state index contributed by atoms with van der Waals surface area (Å²) in [7, 11) is 0. The molecule has 0 rings (SSSR count). The molecule has 0 atom stereocenters. The highest BCUT2D eigenvalue weighted by molar-refractivity contribution is 5.74. The molecule has 1 amide bonds. The molecule has 0 heterocycles. The first kappa shape index (κ1) is 26.1. The van der Waals surface area contributed by atoms with Gasteiger partial charge in [-0.15, -0.1) is 0 Å². The van der Waals surface area contributed by atoms with E-state index in [-0.39, 0.29) is 0 Å². The fraction of sp³-hybridized carbons (Fsp3) is 0.900. The zero-order valence-electron chi connectivity index (χ0n) is 16.3. The van der Waals surface area contributed by atoms with E-state index in [1.165, 1.54) is 83.5 Å². The van der Waals surface area contributed by atoms with Crippen molar-refractivity contribution in [2.45, 2.75) is 110 Å². The van der Waals surface area contributed by atoms with Gasteiger partial charge in [0.05, 0.1) is 0 Å². The fourth-order valence-corrected chi connectivity index (χ4v) is 2.65. The normalized spacial score (nSPS) is 10.2.